The van der Waals surface area contributed by atoms with Crippen LogP contribution < -0.4 is 10.5 Å². The van der Waals surface area contributed by atoms with Crippen LogP contribution in [0.4, 0.5) is 4.79 Å². The van der Waals surface area contributed by atoms with E-state index < -0.39 is 6.09 Å². The maximum Gasteiger partial charge on any atom is 0.404 e. The summed E-state index contributed by atoms with van der Waals surface area (Å²) in [6, 6.07) is 6.78. The molecule has 1 aromatic rings. The van der Waals surface area contributed by atoms with Gasteiger partial charge in [0, 0.05) is 4.91 Å². The van der Waals surface area contributed by atoms with Crippen molar-refractivity contribution in [2.75, 3.05) is 6.73 Å². The molecule has 1 rings (SSSR count). The van der Waals surface area contributed by atoms with Gasteiger partial charge in [-0.2, -0.15) is 0 Å². The molecule has 0 heterocycles. The van der Waals surface area contributed by atoms with Crippen LogP contribution in [0.25, 0.3) is 10.4 Å². The largest absolute Gasteiger partial charge is 0.488 e. The lowest BCUT2D eigenvalue weighted by Gasteiger charge is -2.04. The first-order valence-corrected chi connectivity index (χ1v) is 4.37. The summed E-state index contributed by atoms with van der Waals surface area (Å²) in [6.07, 6.45) is -0.816. The maximum atomic E-state index is 10.3. The van der Waals surface area contributed by atoms with Crippen molar-refractivity contribution in [2.45, 2.75) is 6.61 Å². The van der Waals surface area contributed by atoms with Crippen molar-refractivity contribution >= 4 is 6.09 Å². The van der Waals surface area contributed by atoms with E-state index in [1.165, 1.54) is 0 Å². The minimum Gasteiger partial charge on any atom is -0.488 e. The fraction of sp³-hybridized carbons (Fsp3) is 0.222. The molecule has 2 N–H and O–H groups in total. The Morgan fingerprint density at radius 3 is 2.69 bits per heavy atom. The van der Waals surface area contributed by atoms with Crippen molar-refractivity contribution in [2.24, 2.45) is 10.8 Å². The second kappa shape index (κ2) is 6.15. The van der Waals surface area contributed by atoms with E-state index in [1.807, 2.05) is 0 Å². The van der Waals surface area contributed by atoms with Crippen molar-refractivity contribution < 1.29 is 14.3 Å². The van der Waals surface area contributed by atoms with Gasteiger partial charge in [0.05, 0.1) is 0 Å². The second-order valence-corrected chi connectivity index (χ2v) is 2.76. The Kier molecular flexibility index (Phi) is 4.49. The van der Waals surface area contributed by atoms with Gasteiger partial charge in [-0.3, -0.25) is 0 Å². The normalized spacial score (nSPS) is 9.00. The number of rotatable bonds is 5. The third kappa shape index (κ3) is 4.21. The smallest absolute Gasteiger partial charge is 0.404 e. The summed E-state index contributed by atoms with van der Waals surface area (Å²) < 4.78 is 9.67. The van der Waals surface area contributed by atoms with Crippen LogP contribution in [0.15, 0.2) is 29.4 Å². The molecule has 1 aromatic carbocycles. The Bertz CT molecular complexity index is 373. The predicted octanol–water partition coefficient (Wildman–Crippen LogP) is 1.93. The minimum absolute atomic E-state index is 0.0619. The molecule has 0 saturated heterocycles. The van der Waals surface area contributed by atoms with Crippen LogP contribution in [0.5, 0.6) is 5.75 Å². The number of benzene rings is 1. The highest BCUT2D eigenvalue weighted by molar-refractivity contribution is 5.64. The van der Waals surface area contributed by atoms with Crippen molar-refractivity contribution in [1.29, 1.82) is 0 Å². The van der Waals surface area contributed by atoms with E-state index in [9.17, 15) is 4.79 Å². The monoisotopic (exact) mass is 222 g/mol. The summed E-state index contributed by atoms with van der Waals surface area (Å²) in [5.41, 5.74) is 13.6. The van der Waals surface area contributed by atoms with E-state index in [0.717, 1.165) is 5.56 Å². The summed E-state index contributed by atoms with van der Waals surface area (Å²) in [4.78, 5) is 12.9. The van der Waals surface area contributed by atoms with Crippen LogP contribution in [0.2, 0.25) is 0 Å². The number of carbonyl (C=O) groups excluding carboxylic acids is 1. The van der Waals surface area contributed by atoms with E-state index in [2.05, 4.69) is 14.8 Å². The third-order valence-electron chi connectivity index (χ3n) is 1.66. The predicted molar refractivity (Wildman–Crippen MR) is 55.5 cm³/mol. The zero-order valence-electron chi connectivity index (χ0n) is 8.37. The van der Waals surface area contributed by atoms with Gasteiger partial charge in [0.1, 0.15) is 12.4 Å². The molecule has 0 aliphatic heterocycles. The molecule has 0 aliphatic rings. The van der Waals surface area contributed by atoms with Crippen molar-refractivity contribution in [1.82, 2.24) is 0 Å². The average Bonchev–Trinajstić information content (AvgIpc) is 2.28. The number of hydrogen-bond acceptors (Lipinski definition) is 4. The first-order valence-electron chi connectivity index (χ1n) is 4.37. The molecular formula is C9H10N4O3. The van der Waals surface area contributed by atoms with Gasteiger partial charge in [-0.1, -0.05) is 17.2 Å². The second-order valence-electron chi connectivity index (χ2n) is 2.76. The number of amides is 1. The van der Waals surface area contributed by atoms with E-state index in [-0.39, 0.29) is 13.3 Å². The van der Waals surface area contributed by atoms with Crippen LogP contribution in [-0.2, 0) is 11.3 Å². The zero-order chi connectivity index (χ0) is 11.8. The molecule has 0 saturated carbocycles. The molecule has 0 bridgehead atoms. The van der Waals surface area contributed by atoms with Crippen molar-refractivity contribution in [3.8, 4) is 5.75 Å². The quantitative estimate of drug-likeness (QED) is 0.466. The van der Waals surface area contributed by atoms with Crippen molar-refractivity contribution in [3.63, 3.8) is 0 Å². The summed E-state index contributed by atoms with van der Waals surface area (Å²) in [5, 5.41) is 3.22. The van der Waals surface area contributed by atoms with Gasteiger partial charge in [0.2, 0.25) is 0 Å². The number of primary amides is 1. The molecule has 0 spiro atoms. The van der Waals surface area contributed by atoms with E-state index in [4.69, 9.17) is 16.0 Å². The van der Waals surface area contributed by atoms with Gasteiger partial charge in [0.25, 0.3) is 0 Å². The van der Waals surface area contributed by atoms with Gasteiger partial charge in [-0.05, 0) is 23.2 Å². The van der Waals surface area contributed by atoms with Gasteiger partial charge < -0.3 is 15.2 Å². The van der Waals surface area contributed by atoms with Crippen LogP contribution in [-0.4, -0.2) is 12.8 Å². The fourth-order valence-corrected chi connectivity index (χ4v) is 0.966. The molecule has 0 aromatic heterocycles. The Hall–Kier alpha value is -2.40. The summed E-state index contributed by atoms with van der Waals surface area (Å²) in [7, 11) is 0. The van der Waals surface area contributed by atoms with Gasteiger partial charge >= 0.3 is 6.09 Å². The summed E-state index contributed by atoms with van der Waals surface area (Å²) in [6.45, 7) is 0.0552. The zero-order valence-corrected chi connectivity index (χ0v) is 8.37. The Morgan fingerprint density at radius 2 is 2.12 bits per heavy atom. The highest BCUT2D eigenvalue weighted by atomic mass is 16.5. The van der Waals surface area contributed by atoms with E-state index >= 15 is 0 Å². The molecule has 84 valence electrons. The molecule has 0 unspecified atom stereocenters. The molecule has 0 atom stereocenters. The minimum atomic E-state index is -0.816. The molecule has 0 aliphatic carbocycles. The maximum absolute atomic E-state index is 10.3. The molecule has 0 radical (unpaired) electrons. The van der Waals surface area contributed by atoms with Gasteiger partial charge in [-0.15, -0.1) is 0 Å². The molecule has 0 fully saturated rings. The van der Waals surface area contributed by atoms with E-state index in [1.54, 1.807) is 24.3 Å². The summed E-state index contributed by atoms with van der Waals surface area (Å²) >= 11 is 0. The van der Waals surface area contributed by atoms with Crippen LogP contribution >= 0.6 is 0 Å². The highest BCUT2D eigenvalue weighted by Gasteiger charge is 1.97. The number of nitrogens with zero attached hydrogens (tertiary/aromatic N) is 3. The molecule has 7 nitrogen and oxygen atoms in total. The number of azide groups is 1. The fourth-order valence-electron chi connectivity index (χ4n) is 0.966. The summed E-state index contributed by atoms with van der Waals surface area (Å²) in [5.74, 6) is 0.565. The van der Waals surface area contributed by atoms with Gasteiger partial charge in [-0.25, -0.2) is 4.79 Å². The lowest BCUT2D eigenvalue weighted by Crippen LogP contribution is -2.12. The highest BCUT2D eigenvalue weighted by Crippen LogP contribution is 2.12. The van der Waals surface area contributed by atoms with Crippen LogP contribution in [0.1, 0.15) is 5.56 Å². The van der Waals surface area contributed by atoms with Crippen LogP contribution in [0.3, 0.4) is 0 Å². The first-order chi connectivity index (χ1) is 7.72. The number of carbonyl (C=O) groups is 1. The Morgan fingerprint density at radius 1 is 1.44 bits per heavy atom. The SMILES string of the molecule is [N-]=[N+]=NCOc1ccc(COC(N)=O)cc1. The Labute approximate surface area is 91.4 Å². The standard InChI is InChI=1S/C9H10N4O3/c10-9(14)15-5-7-1-3-8(4-2-7)16-6-12-13-11/h1-4H,5-6H2,(H2,10,14). The average molecular weight is 222 g/mol. The number of ether oxygens (including phenoxy) is 2. The van der Waals surface area contributed by atoms with Crippen molar-refractivity contribution in [3.05, 3.63) is 40.3 Å². The van der Waals surface area contributed by atoms with E-state index in [0.29, 0.717) is 5.75 Å². The lowest BCUT2D eigenvalue weighted by molar-refractivity contribution is 0.150. The molecule has 7 heteroatoms. The number of nitrogens with two attached hydrogens (primary N) is 1. The first kappa shape index (κ1) is 11.7. The topological polar surface area (TPSA) is 110 Å². The molecular weight excluding hydrogens is 212 g/mol. The van der Waals surface area contributed by atoms with Crippen LogP contribution in [0, 0.1) is 0 Å². The Balaban J connectivity index is 2.47. The van der Waals surface area contributed by atoms with Gasteiger partial charge in [0.15, 0.2) is 6.73 Å². The number of hydrogen-bond donors (Lipinski definition) is 1. The lowest BCUT2D eigenvalue weighted by atomic mass is 10.2. The molecule has 1 amide bonds. The molecule has 16 heavy (non-hydrogen) atoms. The third-order valence-corrected chi connectivity index (χ3v) is 1.66.